The van der Waals surface area contributed by atoms with Crippen molar-refractivity contribution in [3.63, 3.8) is 0 Å². The van der Waals surface area contributed by atoms with Gasteiger partial charge in [0, 0.05) is 52.4 Å². The number of rotatable bonds is 9. The van der Waals surface area contributed by atoms with E-state index in [0.29, 0.717) is 12.6 Å². The first-order chi connectivity index (χ1) is 14.7. The molecule has 0 aliphatic carbocycles. The fraction of sp³-hybridized carbons (Fsp3) is 0.857. The number of nitrogens with one attached hydrogen (secondary N) is 2. The standard InChI is InChI=1S/C21H40N8O.HI/c1-4-5-9-28-10-6-19(7-11-28)24-21(22-8-12-29-13-15-30-16-14-29)23-17-20-26-25-18(2)27(20)3;/h19H,4-17H2,1-3H3,(H2,22,23,24);1H. The van der Waals surface area contributed by atoms with Crippen molar-refractivity contribution in [3.8, 4) is 0 Å². The molecule has 178 valence electrons. The predicted octanol–water partition coefficient (Wildman–Crippen LogP) is 1.37. The Balaban J connectivity index is 0.00000341. The van der Waals surface area contributed by atoms with Gasteiger partial charge in [0.2, 0.25) is 0 Å². The molecule has 0 atom stereocenters. The van der Waals surface area contributed by atoms with Crippen molar-refractivity contribution in [3.05, 3.63) is 11.6 Å². The van der Waals surface area contributed by atoms with Crippen LogP contribution >= 0.6 is 24.0 Å². The summed E-state index contributed by atoms with van der Waals surface area (Å²) in [5, 5.41) is 15.6. The maximum atomic E-state index is 5.44. The summed E-state index contributed by atoms with van der Waals surface area (Å²) in [6.07, 6.45) is 4.89. The van der Waals surface area contributed by atoms with Gasteiger partial charge in [-0.25, -0.2) is 4.99 Å². The highest BCUT2D eigenvalue weighted by Gasteiger charge is 2.20. The molecule has 1 aromatic heterocycles. The summed E-state index contributed by atoms with van der Waals surface area (Å²) in [6, 6.07) is 0.471. The Morgan fingerprint density at radius 1 is 1.10 bits per heavy atom. The van der Waals surface area contributed by atoms with Crippen LogP contribution in [0.1, 0.15) is 44.3 Å². The number of nitrogens with zero attached hydrogens (tertiary/aromatic N) is 6. The Morgan fingerprint density at radius 3 is 2.45 bits per heavy atom. The van der Waals surface area contributed by atoms with Crippen molar-refractivity contribution in [2.75, 3.05) is 59.0 Å². The zero-order valence-corrected chi connectivity index (χ0v) is 21.8. The fourth-order valence-electron chi connectivity index (χ4n) is 3.92. The van der Waals surface area contributed by atoms with Gasteiger partial charge in [-0.3, -0.25) is 4.90 Å². The second-order valence-corrected chi connectivity index (χ2v) is 8.38. The molecule has 0 aromatic carbocycles. The van der Waals surface area contributed by atoms with Gasteiger partial charge in [-0.15, -0.1) is 34.2 Å². The molecule has 2 aliphatic heterocycles. The molecule has 0 radical (unpaired) electrons. The number of halogens is 1. The summed E-state index contributed by atoms with van der Waals surface area (Å²) in [7, 11) is 1.99. The minimum absolute atomic E-state index is 0. The van der Waals surface area contributed by atoms with E-state index in [1.165, 1.54) is 32.5 Å². The van der Waals surface area contributed by atoms with Crippen molar-refractivity contribution >= 4 is 29.9 Å². The second-order valence-electron chi connectivity index (χ2n) is 8.38. The molecule has 0 spiro atoms. The van der Waals surface area contributed by atoms with Gasteiger partial charge >= 0.3 is 0 Å². The summed E-state index contributed by atoms with van der Waals surface area (Å²) in [4.78, 5) is 9.85. The Kier molecular flexibility index (Phi) is 12.1. The lowest BCUT2D eigenvalue weighted by atomic mass is 10.0. The number of guanidine groups is 1. The molecule has 1 aromatic rings. The topological polar surface area (TPSA) is 82.8 Å². The first-order valence-corrected chi connectivity index (χ1v) is 11.6. The smallest absolute Gasteiger partial charge is 0.191 e. The highest BCUT2D eigenvalue weighted by Crippen LogP contribution is 2.11. The van der Waals surface area contributed by atoms with E-state index >= 15 is 0 Å². The van der Waals surface area contributed by atoms with Crippen molar-refractivity contribution in [2.45, 2.75) is 52.1 Å². The van der Waals surface area contributed by atoms with Crippen LogP contribution in [0.2, 0.25) is 0 Å². The molecular weight excluding hydrogens is 507 g/mol. The van der Waals surface area contributed by atoms with Crippen molar-refractivity contribution in [1.29, 1.82) is 0 Å². The van der Waals surface area contributed by atoms with Crippen LogP contribution in [-0.2, 0) is 18.3 Å². The van der Waals surface area contributed by atoms with E-state index in [0.717, 1.165) is 69.8 Å². The van der Waals surface area contributed by atoms with E-state index in [9.17, 15) is 0 Å². The van der Waals surface area contributed by atoms with Crippen LogP contribution in [-0.4, -0.2) is 95.6 Å². The molecule has 2 saturated heterocycles. The minimum Gasteiger partial charge on any atom is -0.379 e. The number of likely N-dealkylation sites (tertiary alicyclic amines) is 1. The van der Waals surface area contributed by atoms with Gasteiger partial charge in [0.15, 0.2) is 11.8 Å². The number of morpholine rings is 1. The van der Waals surface area contributed by atoms with Crippen LogP contribution in [0.15, 0.2) is 4.99 Å². The van der Waals surface area contributed by atoms with Gasteiger partial charge in [-0.05, 0) is 32.7 Å². The predicted molar refractivity (Wildman–Crippen MR) is 135 cm³/mol. The maximum absolute atomic E-state index is 5.44. The van der Waals surface area contributed by atoms with Crippen molar-refractivity contribution in [2.24, 2.45) is 12.0 Å². The average molecular weight is 549 g/mol. The van der Waals surface area contributed by atoms with Crippen LogP contribution in [0.25, 0.3) is 0 Å². The van der Waals surface area contributed by atoms with Crippen LogP contribution in [0.3, 0.4) is 0 Å². The first kappa shape index (κ1) is 26.3. The second kappa shape index (κ2) is 14.2. The number of unbranched alkanes of at least 4 members (excludes halogenated alkanes) is 1. The third kappa shape index (κ3) is 8.82. The zero-order valence-electron chi connectivity index (χ0n) is 19.5. The zero-order chi connectivity index (χ0) is 21.2. The van der Waals surface area contributed by atoms with Gasteiger partial charge in [-0.2, -0.15) is 0 Å². The number of aromatic nitrogens is 3. The molecule has 2 N–H and O–H groups in total. The molecule has 0 unspecified atom stereocenters. The Hall–Kier alpha value is -0.980. The van der Waals surface area contributed by atoms with Gasteiger partial charge < -0.3 is 24.8 Å². The van der Waals surface area contributed by atoms with Crippen molar-refractivity contribution < 1.29 is 4.74 Å². The highest BCUT2D eigenvalue weighted by molar-refractivity contribution is 14.0. The van der Waals surface area contributed by atoms with Gasteiger partial charge in [0.25, 0.3) is 0 Å². The van der Waals surface area contributed by atoms with E-state index in [1.807, 2.05) is 18.5 Å². The lowest BCUT2D eigenvalue weighted by molar-refractivity contribution is 0.0389. The monoisotopic (exact) mass is 548 g/mol. The summed E-state index contributed by atoms with van der Waals surface area (Å²) in [6.45, 7) is 13.9. The fourth-order valence-corrected chi connectivity index (χ4v) is 3.92. The molecule has 31 heavy (non-hydrogen) atoms. The molecule has 0 saturated carbocycles. The van der Waals surface area contributed by atoms with E-state index in [1.54, 1.807) is 0 Å². The molecule has 2 fully saturated rings. The molecule has 10 heteroatoms. The lowest BCUT2D eigenvalue weighted by Crippen LogP contribution is -2.50. The minimum atomic E-state index is 0. The quantitative estimate of drug-likeness (QED) is 0.274. The van der Waals surface area contributed by atoms with Crippen LogP contribution < -0.4 is 10.6 Å². The van der Waals surface area contributed by atoms with Crippen LogP contribution in [0.5, 0.6) is 0 Å². The SMILES string of the molecule is CCCCN1CCC(NC(=NCc2nnc(C)n2C)NCCN2CCOCC2)CC1.I. The van der Waals surface area contributed by atoms with Gasteiger partial charge in [0.1, 0.15) is 12.4 Å². The highest BCUT2D eigenvalue weighted by atomic mass is 127. The van der Waals surface area contributed by atoms with Crippen molar-refractivity contribution in [1.82, 2.24) is 35.2 Å². The molecule has 0 bridgehead atoms. The van der Waals surface area contributed by atoms with Crippen LogP contribution in [0.4, 0.5) is 0 Å². The van der Waals surface area contributed by atoms with E-state index in [-0.39, 0.29) is 24.0 Å². The third-order valence-electron chi connectivity index (χ3n) is 6.14. The average Bonchev–Trinajstić information content (AvgIpc) is 3.09. The molecule has 3 rings (SSSR count). The number of aryl methyl sites for hydroxylation is 1. The number of hydrogen-bond donors (Lipinski definition) is 2. The first-order valence-electron chi connectivity index (χ1n) is 11.6. The van der Waals surface area contributed by atoms with Gasteiger partial charge in [0.05, 0.1) is 13.2 Å². The number of aliphatic imine (C=N–C) groups is 1. The largest absolute Gasteiger partial charge is 0.379 e. The Morgan fingerprint density at radius 2 is 1.81 bits per heavy atom. The third-order valence-corrected chi connectivity index (χ3v) is 6.14. The number of ether oxygens (including phenoxy) is 1. The summed E-state index contributed by atoms with van der Waals surface area (Å²) < 4.78 is 7.45. The molecule has 0 amide bonds. The molecule has 3 heterocycles. The molecular formula is C21H41IN8O. The number of piperidine rings is 1. The molecule has 2 aliphatic rings. The van der Waals surface area contributed by atoms with E-state index in [2.05, 4.69) is 37.6 Å². The summed E-state index contributed by atoms with van der Waals surface area (Å²) in [5.41, 5.74) is 0. The summed E-state index contributed by atoms with van der Waals surface area (Å²) >= 11 is 0. The van der Waals surface area contributed by atoms with E-state index in [4.69, 9.17) is 9.73 Å². The lowest BCUT2D eigenvalue weighted by Gasteiger charge is -2.33. The normalized spacial score (nSPS) is 19.3. The van der Waals surface area contributed by atoms with Gasteiger partial charge in [-0.1, -0.05) is 13.3 Å². The Bertz CT molecular complexity index is 654. The summed E-state index contributed by atoms with van der Waals surface area (Å²) in [5.74, 6) is 2.68. The Labute approximate surface area is 204 Å². The number of hydrogen-bond acceptors (Lipinski definition) is 6. The maximum Gasteiger partial charge on any atom is 0.191 e. The van der Waals surface area contributed by atoms with E-state index < -0.39 is 0 Å². The van der Waals surface area contributed by atoms with Crippen LogP contribution in [0, 0.1) is 6.92 Å². The molecule has 9 nitrogen and oxygen atoms in total.